The molecule has 1 aromatic heterocycles. The third-order valence-corrected chi connectivity index (χ3v) is 3.92. The van der Waals surface area contributed by atoms with E-state index in [1.165, 1.54) is 16.8 Å². The zero-order valence-electron chi connectivity index (χ0n) is 16.3. The highest BCUT2D eigenvalue weighted by atomic mass is 16.5. The number of nitrogens with one attached hydrogen (secondary N) is 3. The predicted molar refractivity (Wildman–Crippen MR) is 106 cm³/mol. The van der Waals surface area contributed by atoms with E-state index >= 15 is 0 Å². The number of carbonyl (C=O) groups excluding carboxylic acids is 3. The topological polar surface area (TPSA) is 119 Å². The quantitative estimate of drug-likeness (QED) is 0.548. The molecule has 0 aliphatic heterocycles. The lowest BCUT2D eigenvalue weighted by Crippen LogP contribution is -2.55. The summed E-state index contributed by atoms with van der Waals surface area (Å²) in [6, 6.07) is 12.5. The Morgan fingerprint density at radius 3 is 2.31 bits per heavy atom. The fourth-order valence-electron chi connectivity index (χ4n) is 2.41. The first-order chi connectivity index (χ1) is 13.9. The van der Waals surface area contributed by atoms with Gasteiger partial charge in [-0.1, -0.05) is 38.1 Å². The highest BCUT2D eigenvalue weighted by Crippen LogP contribution is 2.08. The number of carbonyl (C=O) groups is 3. The number of hydrogen-bond donors (Lipinski definition) is 3. The SMILES string of the molecule is CC(C)[C@H](NC(=O)COc1ccccc1)C(=O)NNC(=O)Cn1ccccc1=O. The molecule has 0 saturated heterocycles. The lowest BCUT2D eigenvalue weighted by atomic mass is 10.0. The van der Waals surface area contributed by atoms with Gasteiger partial charge in [0.2, 0.25) is 0 Å². The van der Waals surface area contributed by atoms with E-state index in [1.807, 2.05) is 6.07 Å². The monoisotopic (exact) mass is 400 g/mol. The summed E-state index contributed by atoms with van der Waals surface area (Å²) >= 11 is 0. The maximum absolute atomic E-state index is 12.4. The van der Waals surface area contributed by atoms with Crippen LogP contribution in [0.3, 0.4) is 0 Å². The van der Waals surface area contributed by atoms with Crippen LogP contribution in [0.5, 0.6) is 5.75 Å². The Morgan fingerprint density at radius 1 is 0.966 bits per heavy atom. The molecule has 9 heteroatoms. The Kier molecular flexibility index (Phi) is 7.96. The van der Waals surface area contributed by atoms with E-state index in [-0.39, 0.29) is 24.6 Å². The van der Waals surface area contributed by atoms with Crippen molar-refractivity contribution in [3.8, 4) is 5.75 Å². The van der Waals surface area contributed by atoms with Gasteiger partial charge in [-0.05, 0) is 24.1 Å². The summed E-state index contributed by atoms with van der Waals surface area (Å²) < 4.78 is 6.56. The van der Waals surface area contributed by atoms with Crippen molar-refractivity contribution >= 4 is 17.7 Å². The number of para-hydroxylation sites is 1. The van der Waals surface area contributed by atoms with Crippen LogP contribution in [0.2, 0.25) is 0 Å². The molecule has 0 spiro atoms. The van der Waals surface area contributed by atoms with Gasteiger partial charge in [-0.25, -0.2) is 0 Å². The van der Waals surface area contributed by atoms with Gasteiger partial charge >= 0.3 is 0 Å². The van der Waals surface area contributed by atoms with Crippen molar-refractivity contribution in [2.75, 3.05) is 6.61 Å². The zero-order valence-corrected chi connectivity index (χ0v) is 16.3. The number of pyridine rings is 1. The first kappa shape index (κ1) is 21.7. The number of nitrogens with zero attached hydrogens (tertiary/aromatic N) is 1. The number of amides is 3. The third kappa shape index (κ3) is 7.13. The molecule has 0 aliphatic carbocycles. The van der Waals surface area contributed by atoms with Gasteiger partial charge in [-0.2, -0.15) is 0 Å². The fourth-order valence-corrected chi connectivity index (χ4v) is 2.41. The van der Waals surface area contributed by atoms with Crippen molar-refractivity contribution in [3.05, 3.63) is 65.1 Å². The van der Waals surface area contributed by atoms with Crippen LogP contribution in [0.15, 0.2) is 59.5 Å². The Balaban J connectivity index is 1.83. The van der Waals surface area contributed by atoms with E-state index in [0.29, 0.717) is 5.75 Å². The minimum atomic E-state index is -0.873. The number of benzene rings is 1. The van der Waals surface area contributed by atoms with Gasteiger partial charge < -0.3 is 14.6 Å². The molecule has 154 valence electrons. The van der Waals surface area contributed by atoms with E-state index in [1.54, 1.807) is 50.2 Å². The van der Waals surface area contributed by atoms with Crippen molar-refractivity contribution < 1.29 is 19.1 Å². The predicted octanol–water partition coefficient (Wildman–Crippen LogP) is 0.216. The van der Waals surface area contributed by atoms with Gasteiger partial charge in [-0.3, -0.25) is 30.0 Å². The van der Waals surface area contributed by atoms with E-state index in [2.05, 4.69) is 16.2 Å². The summed E-state index contributed by atoms with van der Waals surface area (Å²) in [5.74, 6) is -1.32. The molecule has 0 unspecified atom stereocenters. The van der Waals surface area contributed by atoms with Crippen LogP contribution in [0.25, 0.3) is 0 Å². The number of aromatic nitrogens is 1. The first-order valence-electron chi connectivity index (χ1n) is 9.08. The second kappa shape index (κ2) is 10.6. The number of hydrogen-bond acceptors (Lipinski definition) is 5. The molecule has 0 aliphatic rings. The standard InChI is InChI=1S/C20H24N4O5/c1-14(2)19(21-17(26)13-29-15-8-4-3-5-9-15)20(28)23-22-16(25)12-24-11-7-6-10-18(24)27/h3-11,14,19H,12-13H2,1-2H3,(H,21,26)(H,22,25)(H,23,28)/t19-/m0/s1. The lowest BCUT2D eigenvalue weighted by molar-refractivity contribution is -0.133. The van der Waals surface area contributed by atoms with Crippen LogP contribution < -0.4 is 26.5 Å². The van der Waals surface area contributed by atoms with Crippen LogP contribution in [0.1, 0.15) is 13.8 Å². The summed E-state index contributed by atoms with van der Waals surface area (Å²) in [6.45, 7) is 3.02. The molecule has 1 aromatic carbocycles. The molecule has 9 nitrogen and oxygen atoms in total. The van der Waals surface area contributed by atoms with Gasteiger partial charge in [0.1, 0.15) is 18.3 Å². The third-order valence-electron chi connectivity index (χ3n) is 3.92. The molecule has 0 radical (unpaired) electrons. The van der Waals surface area contributed by atoms with Gasteiger partial charge in [0.05, 0.1) is 0 Å². The van der Waals surface area contributed by atoms with E-state index in [4.69, 9.17) is 4.74 Å². The van der Waals surface area contributed by atoms with Crippen LogP contribution in [-0.2, 0) is 20.9 Å². The van der Waals surface area contributed by atoms with Gasteiger partial charge in [-0.15, -0.1) is 0 Å². The molecule has 29 heavy (non-hydrogen) atoms. The normalized spacial score (nSPS) is 11.4. The summed E-state index contributed by atoms with van der Waals surface area (Å²) in [6.07, 6.45) is 1.47. The fraction of sp³-hybridized carbons (Fsp3) is 0.300. The molecule has 1 atom stereocenters. The second-order valence-electron chi connectivity index (χ2n) is 6.60. The number of hydrazine groups is 1. The highest BCUT2D eigenvalue weighted by Gasteiger charge is 2.24. The molecule has 2 aromatic rings. The minimum Gasteiger partial charge on any atom is -0.484 e. The van der Waals surface area contributed by atoms with E-state index in [0.717, 1.165) is 0 Å². The van der Waals surface area contributed by atoms with Gasteiger partial charge in [0.25, 0.3) is 23.3 Å². The molecule has 0 bridgehead atoms. The minimum absolute atomic E-state index is 0.232. The maximum atomic E-state index is 12.4. The van der Waals surface area contributed by atoms with E-state index < -0.39 is 23.8 Å². The second-order valence-corrected chi connectivity index (χ2v) is 6.60. The van der Waals surface area contributed by atoms with E-state index in [9.17, 15) is 19.2 Å². The molecule has 2 rings (SSSR count). The smallest absolute Gasteiger partial charge is 0.261 e. The Hall–Kier alpha value is -3.62. The highest BCUT2D eigenvalue weighted by molar-refractivity contribution is 5.89. The number of rotatable bonds is 8. The lowest BCUT2D eigenvalue weighted by Gasteiger charge is -2.22. The maximum Gasteiger partial charge on any atom is 0.261 e. The Labute approximate surface area is 168 Å². The summed E-state index contributed by atoms with van der Waals surface area (Å²) in [5.41, 5.74) is 4.18. The van der Waals surface area contributed by atoms with Crippen molar-refractivity contribution in [2.45, 2.75) is 26.4 Å². The van der Waals surface area contributed by atoms with Gasteiger partial charge in [0, 0.05) is 12.3 Å². The van der Waals surface area contributed by atoms with Gasteiger partial charge in [0.15, 0.2) is 6.61 Å². The number of ether oxygens (including phenoxy) is 1. The summed E-state index contributed by atoms with van der Waals surface area (Å²) in [7, 11) is 0. The molecular formula is C20H24N4O5. The summed E-state index contributed by atoms with van der Waals surface area (Å²) in [5, 5.41) is 2.59. The van der Waals surface area contributed by atoms with Crippen LogP contribution in [0, 0.1) is 5.92 Å². The average molecular weight is 400 g/mol. The molecular weight excluding hydrogens is 376 g/mol. The van der Waals surface area contributed by atoms with Crippen molar-refractivity contribution in [1.82, 2.24) is 20.7 Å². The summed E-state index contributed by atoms with van der Waals surface area (Å²) in [4.78, 5) is 48.0. The first-order valence-corrected chi connectivity index (χ1v) is 9.08. The Bertz CT molecular complexity index is 895. The Morgan fingerprint density at radius 2 is 1.66 bits per heavy atom. The molecule has 3 amide bonds. The van der Waals surface area contributed by atoms with Crippen LogP contribution >= 0.6 is 0 Å². The van der Waals surface area contributed by atoms with Crippen molar-refractivity contribution in [3.63, 3.8) is 0 Å². The molecule has 0 saturated carbocycles. The molecule has 3 N–H and O–H groups in total. The van der Waals surface area contributed by atoms with Crippen molar-refractivity contribution in [1.29, 1.82) is 0 Å². The van der Waals surface area contributed by atoms with Crippen LogP contribution in [0.4, 0.5) is 0 Å². The largest absolute Gasteiger partial charge is 0.484 e. The van der Waals surface area contributed by atoms with Crippen molar-refractivity contribution in [2.24, 2.45) is 5.92 Å². The molecule has 0 fully saturated rings. The zero-order chi connectivity index (χ0) is 21.2. The molecule has 1 heterocycles. The van der Waals surface area contributed by atoms with Crippen LogP contribution in [-0.4, -0.2) is 34.9 Å². The average Bonchev–Trinajstić information content (AvgIpc) is 2.71.